The van der Waals surface area contributed by atoms with Crippen LogP contribution in [-0.4, -0.2) is 41.0 Å². The first kappa shape index (κ1) is 12.6. The lowest BCUT2D eigenvalue weighted by molar-refractivity contribution is 0.322. The summed E-state index contributed by atoms with van der Waals surface area (Å²) in [5.74, 6) is 0.882. The second-order valence-electron chi connectivity index (χ2n) is 4.50. The van der Waals surface area contributed by atoms with Gasteiger partial charge in [-0.1, -0.05) is 18.5 Å². The van der Waals surface area contributed by atoms with Crippen molar-refractivity contribution in [2.45, 2.75) is 32.2 Å². The third-order valence-corrected chi connectivity index (χ3v) is 3.75. The Balaban J connectivity index is 2.01. The van der Waals surface area contributed by atoms with E-state index in [4.69, 9.17) is 11.6 Å². The van der Waals surface area contributed by atoms with Crippen molar-refractivity contribution < 1.29 is 0 Å². The van der Waals surface area contributed by atoms with Crippen molar-refractivity contribution in [1.82, 2.24) is 14.9 Å². The fourth-order valence-electron chi connectivity index (χ4n) is 2.31. The first-order valence-corrected chi connectivity index (χ1v) is 6.53. The molecular weight excluding hydrogens is 236 g/mol. The van der Waals surface area contributed by atoms with E-state index in [1.54, 1.807) is 0 Å². The summed E-state index contributed by atoms with van der Waals surface area (Å²) < 4.78 is 0. The predicted molar refractivity (Wildman–Crippen MR) is 70.6 cm³/mol. The van der Waals surface area contributed by atoms with E-state index < -0.39 is 0 Å². The van der Waals surface area contributed by atoms with Crippen LogP contribution in [0.5, 0.6) is 0 Å². The Labute approximate surface area is 107 Å². The molecule has 0 spiro atoms. The van der Waals surface area contributed by atoms with Gasteiger partial charge in [0.05, 0.1) is 0 Å². The fourth-order valence-corrected chi connectivity index (χ4v) is 2.57. The Morgan fingerprint density at radius 2 is 2.35 bits per heavy atom. The number of nitrogens with zero attached hydrogens (tertiary/aromatic N) is 3. The standard InChI is InChI=1S/C12H19ClN4/c1-3-10-11(13)15-8-16-12(10)14-7-9-5-4-6-17(9)2/h8-9H,3-7H2,1-2H3,(H,14,15,16). The summed E-state index contributed by atoms with van der Waals surface area (Å²) in [6.45, 7) is 4.19. The number of likely N-dealkylation sites (N-methyl/N-ethyl adjacent to an activating group) is 1. The molecule has 17 heavy (non-hydrogen) atoms. The summed E-state index contributed by atoms with van der Waals surface area (Å²) in [5, 5.41) is 3.96. The van der Waals surface area contributed by atoms with Gasteiger partial charge in [0.1, 0.15) is 17.3 Å². The maximum atomic E-state index is 6.05. The van der Waals surface area contributed by atoms with Gasteiger partial charge in [-0.25, -0.2) is 9.97 Å². The maximum absolute atomic E-state index is 6.05. The molecular formula is C12H19ClN4. The van der Waals surface area contributed by atoms with Crippen LogP contribution in [0.15, 0.2) is 6.33 Å². The second kappa shape index (κ2) is 5.65. The molecule has 2 heterocycles. The first-order chi connectivity index (χ1) is 8.22. The van der Waals surface area contributed by atoms with Gasteiger partial charge >= 0.3 is 0 Å². The topological polar surface area (TPSA) is 41.1 Å². The zero-order valence-electron chi connectivity index (χ0n) is 10.4. The predicted octanol–water partition coefficient (Wildman–Crippen LogP) is 2.20. The number of hydrogen-bond acceptors (Lipinski definition) is 4. The molecule has 0 aliphatic carbocycles. The van der Waals surface area contributed by atoms with Crippen molar-refractivity contribution in [3.05, 3.63) is 17.0 Å². The molecule has 0 saturated carbocycles. The zero-order valence-corrected chi connectivity index (χ0v) is 11.2. The van der Waals surface area contributed by atoms with Gasteiger partial charge in [-0.05, 0) is 32.9 Å². The van der Waals surface area contributed by atoms with Gasteiger partial charge in [-0.15, -0.1) is 0 Å². The van der Waals surface area contributed by atoms with E-state index >= 15 is 0 Å². The van der Waals surface area contributed by atoms with Crippen molar-refractivity contribution in [3.8, 4) is 0 Å². The third kappa shape index (κ3) is 2.87. The minimum absolute atomic E-state index is 0.560. The van der Waals surface area contributed by atoms with E-state index in [2.05, 4.69) is 34.2 Å². The molecule has 2 rings (SSSR count). The van der Waals surface area contributed by atoms with Gasteiger partial charge in [0.25, 0.3) is 0 Å². The van der Waals surface area contributed by atoms with Gasteiger partial charge in [0.15, 0.2) is 0 Å². The SMILES string of the molecule is CCc1c(Cl)ncnc1NCC1CCCN1C. The minimum Gasteiger partial charge on any atom is -0.368 e. The number of likely N-dealkylation sites (tertiary alicyclic amines) is 1. The lowest BCUT2D eigenvalue weighted by Gasteiger charge is -2.20. The van der Waals surface area contributed by atoms with Gasteiger partial charge in [0, 0.05) is 18.2 Å². The summed E-state index contributed by atoms with van der Waals surface area (Å²) in [6, 6.07) is 0.605. The van der Waals surface area contributed by atoms with Gasteiger partial charge < -0.3 is 10.2 Å². The molecule has 1 atom stereocenters. The molecule has 0 aromatic carbocycles. The molecule has 0 radical (unpaired) electrons. The summed E-state index contributed by atoms with van der Waals surface area (Å²) in [7, 11) is 2.17. The summed E-state index contributed by atoms with van der Waals surface area (Å²) in [4.78, 5) is 10.7. The van der Waals surface area contributed by atoms with Crippen LogP contribution < -0.4 is 5.32 Å². The van der Waals surface area contributed by atoms with Crippen molar-refractivity contribution in [2.75, 3.05) is 25.5 Å². The van der Waals surface area contributed by atoms with Crippen LogP contribution in [0.4, 0.5) is 5.82 Å². The highest BCUT2D eigenvalue weighted by Gasteiger charge is 2.20. The van der Waals surface area contributed by atoms with Crippen LogP contribution >= 0.6 is 11.6 Å². The van der Waals surface area contributed by atoms with Crippen LogP contribution in [0.2, 0.25) is 5.15 Å². The summed E-state index contributed by atoms with van der Waals surface area (Å²) >= 11 is 6.05. The van der Waals surface area contributed by atoms with E-state index in [9.17, 15) is 0 Å². The van der Waals surface area contributed by atoms with E-state index in [0.29, 0.717) is 11.2 Å². The number of aromatic nitrogens is 2. The average Bonchev–Trinajstić information content (AvgIpc) is 2.72. The molecule has 1 aromatic rings. The highest BCUT2D eigenvalue weighted by Crippen LogP contribution is 2.21. The normalized spacial score (nSPS) is 20.8. The Bertz CT molecular complexity index is 383. The molecule has 1 saturated heterocycles. The second-order valence-corrected chi connectivity index (χ2v) is 4.86. The Morgan fingerprint density at radius 1 is 1.53 bits per heavy atom. The molecule has 4 nitrogen and oxygen atoms in total. The smallest absolute Gasteiger partial charge is 0.137 e. The molecule has 0 amide bonds. The highest BCUT2D eigenvalue weighted by atomic mass is 35.5. The van der Waals surface area contributed by atoms with Gasteiger partial charge in [0.2, 0.25) is 0 Å². The molecule has 1 fully saturated rings. The fraction of sp³-hybridized carbons (Fsp3) is 0.667. The maximum Gasteiger partial charge on any atom is 0.137 e. The van der Waals surface area contributed by atoms with Crippen molar-refractivity contribution in [3.63, 3.8) is 0 Å². The van der Waals surface area contributed by atoms with Gasteiger partial charge in [-0.2, -0.15) is 0 Å². The molecule has 1 aliphatic heterocycles. The van der Waals surface area contributed by atoms with E-state index in [-0.39, 0.29) is 0 Å². The Kier molecular flexibility index (Phi) is 4.18. The van der Waals surface area contributed by atoms with Crippen LogP contribution in [-0.2, 0) is 6.42 Å². The molecule has 5 heteroatoms. The first-order valence-electron chi connectivity index (χ1n) is 6.15. The summed E-state index contributed by atoms with van der Waals surface area (Å²) in [6.07, 6.45) is 4.91. The quantitative estimate of drug-likeness (QED) is 0.837. The molecule has 0 bridgehead atoms. The van der Waals surface area contributed by atoms with Crippen LogP contribution in [0.3, 0.4) is 0 Å². The lowest BCUT2D eigenvalue weighted by atomic mass is 10.2. The zero-order chi connectivity index (χ0) is 12.3. The number of anilines is 1. The van der Waals surface area contributed by atoms with Gasteiger partial charge in [-0.3, -0.25) is 0 Å². The van der Waals surface area contributed by atoms with Crippen LogP contribution in [0.25, 0.3) is 0 Å². The van der Waals surface area contributed by atoms with E-state index in [0.717, 1.165) is 24.3 Å². The largest absolute Gasteiger partial charge is 0.368 e. The highest BCUT2D eigenvalue weighted by molar-refractivity contribution is 6.30. The molecule has 94 valence electrons. The van der Waals surface area contributed by atoms with Crippen molar-refractivity contribution in [1.29, 1.82) is 0 Å². The van der Waals surface area contributed by atoms with E-state index in [1.165, 1.54) is 25.7 Å². The molecule has 1 unspecified atom stereocenters. The Hall–Kier alpha value is -0.870. The minimum atomic E-state index is 0.560. The molecule has 1 N–H and O–H groups in total. The summed E-state index contributed by atoms with van der Waals surface area (Å²) in [5.41, 5.74) is 1.01. The number of hydrogen-bond donors (Lipinski definition) is 1. The average molecular weight is 255 g/mol. The number of nitrogens with one attached hydrogen (secondary N) is 1. The molecule has 1 aliphatic rings. The van der Waals surface area contributed by atoms with Crippen LogP contribution in [0, 0.1) is 0 Å². The monoisotopic (exact) mass is 254 g/mol. The molecule has 1 aromatic heterocycles. The van der Waals surface area contributed by atoms with E-state index in [1.807, 2.05) is 0 Å². The van der Waals surface area contributed by atoms with Crippen molar-refractivity contribution in [2.24, 2.45) is 0 Å². The Morgan fingerprint density at radius 3 is 3.00 bits per heavy atom. The number of rotatable bonds is 4. The van der Waals surface area contributed by atoms with Crippen molar-refractivity contribution >= 4 is 17.4 Å². The number of halogens is 1. The third-order valence-electron chi connectivity index (χ3n) is 3.42. The lowest BCUT2D eigenvalue weighted by Crippen LogP contribution is -2.32. The van der Waals surface area contributed by atoms with Crippen LogP contribution in [0.1, 0.15) is 25.3 Å².